The number of carbonyl (C=O) groups excluding carboxylic acids is 2. The van der Waals surface area contributed by atoms with E-state index in [-0.39, 0.29) is 29.8 Å². The van der Waals surface area contributed by atoms with Crippen LogP contribution in [0.5, 0.6) is 0 Å². The molecule has 7 rings (SSSR count). The third kappa shape index (κ3) is 1.94. The molecule has 5 heteroatoms. The highest BCUT2D eigenvalue weighted by Gasteiger charge is 2.67. The predicted octanol–water partition coefficient (Wildman–Crippen LogP) is 3.56. The number of ether oxygens (including phenoxy) is 1. The number of alkyl halides is 1. The van der Waals surface area contributed by atoms with Crippen molar-refractivity contribution in [2.45, 2.75) is 29.2 Å². The zero-order chi connectivity index (χ0) is 19.0. The van der Waals surface area contributed by atoms with Gasteiger partial charge in [-0.25, -0.2) is 0 Å². The van der Waals surface area contributed by atoms with E-state index in [1.54, 1.807) is 0 Å². The van der Waals surface area contributed by atoms with Gasteiger partial charge in [-0.15, -0.1) is 0 Å². The van der Waals surface area contributed by atoms with Crippen molar-refractivity contribution in [3.63, 3.8) is 0 Å². The van der Waals surface area contributed by atoms with Gasteiger partial charge in [0.2, 0.25) is 11.8 Å². The van der Waals surface area contributed by atoms with Gasteiger partial charge in [0, 0.05) is 12.5 Å². The lowest BCUT2D eigenvalue weighted by Gasteiger charge is -2.51. The molecule has 2 bridgehead atoms. The van der Waals surface area contributed by atoms with Gasteiger partial charge in [-0.1, -0.05) is 64.5 Å². The molecule has 4 nitrogen and oxygen atoms in total. The number of amides is 2. The monoisotopic (exact) mass is 437 g/mol. The van der Waals surface area contributed by atoms with Crippen molar-refractivity contribution in [3.05, 3.63) is 70.8 Å². The summed E-state index contributed by atoms with van der Waals surface area (Å²) in [5.41, 5.74) is 4.58. The SMILES string of the molecule is O=C1[C@@H]2C3c4ccccc4C(Br)(c4ccccc43)[C@@H]2C(=O)N1C[C@@H]1CCCO1. The van der Waals surface area contributed by atoms with E-state index in [0.29, 0.717) is 6.54 Å². The molecule has 2 aliphatic heterocycles. The van der Waals surface area contributed by atoms with E-state index in [9.17, 15) is 9.59 Å². The molecule has 2 aromatic rings. The van der Waals surface area contributed by atoms with Crippen molar-refractivity contribution >= 4 is 27.7 Å². The van der Waals surface area contributed by atoms with Crippen LogP contribution < -0.4 is 0 Å². The molecular weight excluding hydrogens is 418 g/mol. The summed E-state index contributed by atoms with van der Waals surface area (Å²) in [7, 11) is 0. The molecule has 0 N–H and O–H groups in total. The Morgan fingerprint density at radius 1 is 1.00 bits per heavy atom. The highest BCUT2D eigenvalue weighted by Crippen LogP contribution is 2.66. The van der Waals surface area contributed by atoms with Crippen molar-refractivity contribution in [2.75, 3.05) is 13.2 Å². The number of nitrogens with zero attached hydrogens (tertiary/aromatic N) is 1. The van der Waals surface area contributed by atoms with E-state index in [1.807, 2.05) is 24.3 Å². The average Bonchev–Trinajstić information content (AvgIpc) is 3.32. The van der Waals surface area contributed by atoms with Crippen LogP contribution in [-0.4, -0.2) is 36.0 Å². The summed E-state index contributed by atoms with van der Waals surface area (Å²) >= 11 is 4.01. The Bertz CT molecular complexity index is 965. The number of benzene rings is 2. The molecule has 5 aliphatic rings. The molecule has 3 atom stereocenters. The first-order valence-corrected chi connectivity index (χ1v) is 10.8. The molecule has 0 saturated carbocycles. The normalized spacial score (nSPS) is 35.1. The van der Waals surface area contributed by atoms with Gasteiger partial charge >= 0.3 is 0 Å². The summed E-state index contributed by atoms with van der Waals surface area (Å²) in [4.78, 5) is 28.6. The number of imide groups is 1. The lowest BCUT2D eigenvalue weighted by atomic mass is 9.55. The third-order valence-corrected chi connectivity index (χ3v) is 8.36. The minimum absolute atomic E-state index is 0.0262. The van der Waals surface area contributed by atoms with Crippen LogP contribution in [-0.2, 0) is 18.7 Å². The Morgan fingerprint density at radius 2 is 1.64 bits per heavy atom. The largest absolute Gasteiger partial charge is 0.376 e. The first-order valence-electron chi connectivity index (χ1n) is 9.97. The fourth-order valence-corrected chi connectivity index (χ4v) is 7.11. The molecular formula is C23H20BrNO3. The Hall–Kier alpha value is -1.98. The van der Waals surface area contributed by atoms with Gasteiger partial charge in [0.1, 0.15) is 0 Å². The Balaban J connectivity index is 1.53. The van der Waals surface area contributed by atoms with Gasteiger partial charge in [-0.2, -0.15) is 0 Å². The molecule has 28 heavy (non-hydrogen) atoms. The summed E-state index contributed by atoms with van der Waals surface area (Å²) in [6.45, 7) is 1.10. The van der Waals surface area contributed by atoms with Crippen molar-refractivity contribution in [2.24, 2.45) is 11.8 Å². The first kappa shape index (κ1) is 16.9. The van der Waals surface area contributed by atoms with Gasteiger partial charge < -0.3 is 4.74 Å². The smallest absolute Gasteiger partial charge is 0.235 e. The molecule has 2 aromatic carbocycles. The number of hydrogen-bond acceptors (Lipinski definition) is 3. The summed E-state index contributed by atoms with van der Waals surface area (Å²) in [5.74, 6) is -0.920. The average molecular weight is 438 g/mol. The minimum Gasteiger partial charge on any atom is -0.376 e. The number of halogens is 1. The third-order valence-electron chi connectivity index (χ3n) is 7.02. The second-order valence-electron chi connectivity index (χ2n) is 8.29. The Morgan fingerprint density at radius 3 is 2.25 bits per heavy atom. The van der Waals surface area contributed by atoms with Crippen molar-refractivity contribution in [1.29, 1.82) is 0 Å². The fraction of sp³-hybridized carbons (Fsp3) is 0.391. The standard InChI is InChI=1S/C23H20BrNO3/c24-23-16-9-3-1-7-14(16)18(15-8-2-4-10-17(15)23)19-20(23)22(27)25(21(19)26)12-13-6-5-11-28-13/h1-4,7-10,13,18-20H,5-6,11-12H2/t13-,18?,19+,20-,23?/m0/s1. The zero-order valence-electron chi connectivity index (χ0n) is 15.3. The Kier molecular flexibility index (Phi) is 3.49. The minimum atomic E-state index is -0.655. The molecule has 142 valence electrons. The second kappa shape index (κ2) is 5.77. The predicted molar refractivity (Wildman–Crippen MR) is 107 cm³/mol. The van der Waals surface area contributed by atoms with Crippen molar-refractivity contribution < 1.29 is 14.3 Å². The van der Waals surface area contributed by atoms with E-state index in [1.165, 1.54) is 16.0 Å². The van der Waals surface area contributed by atoms with E-state index < -0.39 is 10.2 Å². The molecule has 0 unspecified atom stereocenters. The summed E-state index contributed by atoms with van der Waals surface area (Å²) in [6, 6.07) is 16.5. The summed E-state index contributed by atoms with van der Waals surface area (Å²) < 4.78 is 5.07. The second-order valence-corrected chi connectivity index (χ2v) is 9.54. The quantitative estimate of drug-likeness (QED) is 0.532. The number of carbonyl (C=O) groups is 2. The van der Waals surface area contributed by atoms with Crippen LogP contribution in [0, 0.1) is 11.8 Å². The number of rotatable bonds is 2. The van der Waals surface area contributed by atoms with Crippen molar-refractivity contribution in [3.8, 4) is 0 Å². The highest BCUT2D eigenvalue weighted by molar-refractivity contribution is 9.09. The summed E-state index contributed by atoms with van der Waals surface area (Å²) in [6.07, 6.45) is 1.88. The highest BCUT2D eigenvalue weighted by atomic mass is 79.9. The van der Waals surface area contributed by atoms with E-state index in [2.05, 4.69) is 40.2 Å². The van der Waals surface area contributed by atoms with Crippen LogP contribution >= 0.6 is 15.9 Å². The molecule has 2 saturated heterocycles. The maximum atomic E-state index is 13.6. The van der Waals surface area contributed by atoms with Crippen molar-refractivity contribution in [1.82, 2.24) is 4.90 Å². The van der Waals surface area contributed by atoms with Crippen LogP contribution in [0.15, 0.2) is 48.5 Å². The van der Waals surface area contributed by atoms with Crippen LogP contribution in [0.4, 0.5) is 0 Å². The Labute approximate surface area is 172 Å². The molecule has 3 aliphatic carbocycles. The molecule has 2 heterocycles. The topological polar surface area (TPSA) is 46.6 Å². The first-order chi connectivity index (χ1) is 13.6. The van der Waals surface area contributed by atoms with Gasteiger partial charge in [0.25, 0.3) is 0 Å². The van der Waals surface area contributed by atoms with Gasteiger partial charge in [-0.05, 0) is 35.1 Å². The van der Waals surface area contributed by atoms with E-state index in [0.717, 1.165) is 30.6 Å². The van der Waals surface area contributed by atoms with Crippen LogP contribution in [0.25, 0.3) is 0 Å². The van der Waals surface area contributed by atoms with Gasteiger partial charge in [-0.3, -0.25) is 14.5 Å². The number of hydrogen-bond donors (Lipinski definition) is 0. The van der Waals surface area contributed by atoms with Gasteiger partial charge in [0.05, 0.1) is 28.8 Å². The number of likely N-dealkylation sites (tertiary alicyclic amines) is 1. The molecule has 2 fully saturated rings. The summed E-state index contributed by atoms with van der Waals surface area (Å²) in [5, 5.41) is 0. The van der Waals surface area contributed by atoms with E-state index >= 15 is 0 Å². The van der Waals surface area contributed by atoms with Crippen LogP contribution in [0.3, 0.4) is 0 Å². The molecule has 2 amide bonds. The maximum Gasteiger partial charge on any atom is 0.235 e. The molecule has 0 aromatic heterocycles. The van der Waals surface area contributed by atoms with Crippen LogP contribution in [0.1, 0.15) is 41.0 Å². The maximum absolute atomic E-state index is 13.6. The zero-order valence-corrected chi connectivity index (χ0v) is 16.9. The van der Waals surface area contributed by atoms with E-state index in [4.69, 9.17) is 4.74 Å². The lowest BCUT2D eigenvalue weighted by Crippen LogP contribution is -2.50. The molecule has 0 spiro atoms. The van der Waals surface area contributed by atoms with Crippen LogP contribution in [0.2, 0.25) is 0 Å². The van der Waals surface area contributed by atoms with Gasteiger partial charge in [0.15, 0.2) is 0 Å². The molecule has 0 radical (unpaired) electrons. The fourth-order valence-electron chi connectivity index (χ4n) is 5.91. The lowest BCUT2D eigenvalue weighted by molar-refractivity contribution is -0.141.